The van der Waals surface area contributed by atoms with Gasteiger partial charge in [-0.1, -0.05) is 25.1 Å². The zero-order valence-electron chi connectivity index (χ0n) is 18.2. The van der Waals surface area contributed by atoms with Gasteiger partial charge < -0.3 is 14.8 Å². The number of esters is 1. The van der Waals surface area contributed by atoms with Crippen molar-refractivity contribution in [3.63, 3.8) is 0 Å². The lowest BCUT2D eigenvalue weighted by Crippen LogP contribution is -2.34. The van der Waals surface area contributed by atoms with Gasteiger partial charge in [0.1, 0.15) is 0 Å². The van der Waals surface area contributed by atoms with Crippen molar-refractivity contribution in [1.82, 2.24) is 14.9 Å². The summed E-state index contributed by atoms with van der Waals surface area (Å²) in [6.07, 6.45) is 3.69. The van der Waals surface area contributed by atoms with Crippen LogP contribution in [0, 0.1) is 0 Å². The smallest absolute Gasteiger partial charge is 0.337 e. The molecule has 1 fully saturated rings. The molecule has 1 aromatic carbocycles. The van der Waals surface area contributed by atoms with Crippen molar-refractivity contribution < 1.29 is 19.1 Å². The molecule has 2 aromatic rings. The summed E-state index contributed by atoms with van der Waals surface area (Å²) in [5, 5.41) is 3.82. The number of methoxy groups -OCH3 is 1. The average Bonchev–Trinajstić information content (AvgIpc) is 3.27. The quantitative estimate of drug-likeness (QED) is 0.358. The Morgan fingerprint density at radius 3 is 2.90 bits per heavy atom. The van der Waals surface area contributed by atoms with Crippen LogP contribution in [0.2, 0.25) is 0 Å². The molecule has 9 heteroatoms. The van der Waals surface area contributed by atoms with E-state index in [-0.39, 0.29) is 29.4 Å². The summed E-state index contributed by atoms with van der Waals surface area (Å²) in [6, 6.07) is 4.80. The van der Waals surface area contributed by atoms with Crippen molar-refractivity contribution in [3.05, 3.63) is 34.1 Å². The van der Waals surface area contributed by atoms with Crippen molar-refractivity contribution >= 4 is 34.5 Å². The molecule has 1 aliphatic rings. The zero-order chi connectivity index (χ0) is 22.4. The summed E-state index contributed by atoms with van der Waals surface area (Å²) in [7, 11) is 1.30. The maximum atomic E-state index is 13.2. The minimum absolute atomic E-state index is 0.0518. The first-order valence-corrected chi connectivity index (χ1v) is 11.6. The number of aromatic nitrogens is 2. The van der Waals surface area contributed by atoms with Crippen LogP contribution in [0.1, 0.15) is 49.9 Å². The van der Waals surface area contributed by atoms with Crippen LogP contribution in [0.15, 0.2) is 28.2 Å². The van der Waals surface area contributed by atoms with Gasteiger partial charge >= 0.3 is 5.97 Å². The molecule has 8 nitrogen and oxygen atoms in total. The van der Waals surface area contributed by atoms with E-state index in [1.807, 2.05) is 6.92 Å². The van der Waals surface area contributed by atoms with E-state index in [0.29, 0.717) is 34.8 Å². The Labute approximate surface area is 185 Å². The van der Waals surface area contributed by atoms with Gasteiger partial charge in [-0.2, -0.15) is 0 Å². The van der Waals surface area contributed by atoms with Crippen molar-refractivity contribution in [2.24, 2.45) is 0 Å². The number of fused-ring (bicyclic) bond motifs is 1. The second-order valence-corrected chi connectivity index (χ2v) is 8.66. The Balaban J connectivity index is 1.91. The van der Waals surface area contributed by atoms with Gasteiger partial charge in [0.2, 0.25) is 5.91 Å². The summed E-state index contributed by atoms with van der Waals surface area (Å²) >= 11 is 1.22. The number of carbonyl (C=O) groups is 2. The van der Waals surface area contributed by atoms with Crippen molar-refractivity contribution in [3.8, 4) is 0 Å². The third-order valence-corrected chi connectivity index (χ3v) is 6.19. The van der Waals surface area contributed by atoms with Crippen molar-refractivity contribution in [2.45, 2.75) is 63.4 Å². The highest BCUT2D eigenvalue weighted by Gasteiger charge is 2.21. The van der Waals surface area contributed by atoms with Crippen LogP contribution in [0.5, 0.6) is 0 Å². The number of benzene rings is 1. The van der Waals surface area contributed by atoms with Crippen LogP contribution < -0.4 is 10.9 Å². The SMILES string of the molecule is CCC[C@@H](C)NC(=O)CSc1nc2cc(C(=O)OC)ccc2c(=O)n1C[C@@H]1CCCO1. The zero-order valence-corrected chi connectivity index (χ0v) is 19.0. The number of hydrogen-bond acceptors (Lipinski definition) is 7. The van der Waals surface area contributed by atoms with Crippen molar-refractivity contribution in [2.75, 3.05) is 19.5 Å². The Hall–Kier alpha value is -2.39. The fourth-order valence-electron chi connectivity index (χ4n) is 3.66. The number of amides is 1. The first-order valence-electron chi connectivity index (χ1n) is 10.6. The number of carbonyl (C=O) groups excluding carboxylic acids is 2. The molecule has 1 amide bonds. The van der Waals surface area contributed by atoms with E-state index >= 15 is 0 Å². The summed E-state index contributed by atoms with van der Waals surface area (Å²) in [6.45, 7) is 5.12. The predicted octanol–water partition coefficient (Wildman–Crippen LogP) is 2.76. The summed E-state index contributed by atoms with van der Waals surface area (Å²) in [4.78, 5) is 42.1. The molecule has 0 spiro atoms. The summed E-state index contributed by atoms with van der Waals surface area (Å²) in [5.74, 6) is -0.452. The minimum atomic E-state index is -0.495. The number of thioether (sulfide) groups is 1. The molecule has 3 rings (SSSR count). The number of ether oxygens (including phenoxy) is 2. The topological polar surface area (TPSA) is 99.5 Å². The van der Waals surface area contributed by atoms with E-state index in [2.05, 4.69) is 17.2 Å². The van der Waals surface area contributed by atoms with Crippen LogP contribution in [0.25, 0.3) is 10.9 Å². The normalized spacial score (nSPS) is 16.9. The molecule has 2 atom stereocenters. The second kappa shape index (κ2) is 10.8. The monoisotopic (exact) mass is 447 g/mol. The second-order valence-electron chi connectivity index (χ2n) is 7.71. The fraction of sp³-hybridized carbons (Fsp3) is 0.545. The number of rotatable bonds is 9. The molecule has 2 heterocycles. The molecule has 1 aromatic heterocycles. The van der Waals surface area contributed by atoms with Crippen LogP contribution in [0.3, 0.4) is 0 Å². The average molecular weight is 448 g/mol. The largest absolute Gasteiger partial charge is 0.465 e. The molecule has 0 bridgehead atoms. The molecule has 0 radical (unpaired) electrons. The van der Waals surface area contributed by atoms with Crippen molar-refractivity contribution in [1.29, 1.82) is 0 Å². The molecular weight excluding hydrogens is 418 g/mol. The minimum Gasteiger partial charge on any atom is -0.465 e. The van der Waals surface area contributed by atoms with Crippen LogP contribution in [-0.4, -0.2) is 53.0 Å². The predicted molar refractivity (Wildman–Crippen MR) is 120 cm³/mol. The van der Waals surface area contributed by atoms with Crippen LogP contribution in [-0.2, 0) is 20.8 Å². The van der Waals surface area contributed by atoms with Gasteiger partial charge in [-0.15, -0.1) is 0 Å². The van der Waals surface area contributed by atoms with E-state index in [0.717, 1.165) is 25.7 Å². The Morgan fingerprint density at radius 1 is 1.42 bits per heavy atom. The molecule has 1 saturated heterocycles. The van der Waals surface area contributed by atoms with Gasteiger partial charge in [0, 0.05) is 12.6 Å². The highest BCUT2D eigenvalue weighted by molar-refractivity contribution is 7.99. The lowest BCUT2D eigenvalue weighted by molar-refractivity contribution is -0.119. The third kappa shape index (κ3) is 5.86. The number of nitrogens with zero attached hydrogens (tertiary/aromatic N) is 2. The molecule has 0 unspecified atom stereocenters. The summed E-state index contributed by atoms with van der Waals surface area (Å²) < 4.78 is 12.1. The fourth-order valence-corrected chi connectivity index (χ4v) is 4.48. The van der Waals surface area contributed by atoms with E-state index in [1.54, 1.807) is 22.8 Å². The molecular formula is C22H29N3O5S. The first kappa shape index (κ1) is 23.3. The highest BCUT2D eigenvalue weighted by atomic mass is 32.2. The summed E-state index contributed by atoms with van der Waals surface area (Å²) in [5.41, 5.74) is 0.513. The molecule has 0 saturated carbocycles. The number of hydrogen-bond donors (Lipinski definition) is 1. The maximum absolute atomic E-state index is 13.2. The van der Waals surface area contributed by atoms with Gasteiger partial charge in [0.05, 0.1) is 42.0 Å². The van der Waals surface area contributed by atoms with Gasteiger partial charge in [0.15, 0.2) is 5.16 Å². The maximum Gasteiger partial charge on any atom is 0.337 e. The van der Waals surface area contributed by atoms with E-state index in [1.165, 1.54) is 18.9 Å². The Morgan fingerprint density at radius 2 is 2.23 bits per heavy atom. The van der Waals surface area contributed by atoms with Crippen LogP contribution in [0.4, 0.5) is 0 Å². The highest BCUT2D eigenvalue weighted by Crippen LogP contribution is 2.22. The first-order chi connectivity index (χ1) is 14.9. The molecule has 31 heavy (non-hydrogen) atoms. The van der Waals surface area contributed by atoms with E-state index < -0.39 is 5.97 Å². The standard InChI is InChI=1S/C22H29N3O5S/c1-4-6-14(2)23-19(26)13-31-22-24-18-11-15(21(28)29-3)8-9-17(18)20(27)25(22)12-16-7-5-10-30-16/h8-9,11,14,16H,4-7,10,12-13H2,1-3H3,(H,23,26)/t14-,16+/m1/s1. The van der Waals surface area contributed by atoms with E-state index in [9.17, 15) is 14.4 Å². The van der Waals surface area contributed by atoms with Gasteiger partial charge in [-0.05, 0) is 44.4 Å². The lowest BCUT2D eigenvalue weighted by atomic mass is 10.1. The molecule has 0 aliphatic carbocycles. The van der Waals surface area contributed by atoms with E-state index in [4.69, 9.17) is 9.47 Å². The Bertz CT molecular complexity index is 1000. The Kier molecular flexibility index (Phi) is 8.09. The third-order valence-electron chi connectivity index (χ3n) is 5.21. The van der Waals surface area contributed by atoms with Crippen LogP contribution >= 0.6 is 11.8 Å². The van der Waals surface area contributed by atoms with Gasteiger partial charge in [-0.25, -0.2) is 9.78 Å². The number of nitrogens with one attached hydrogen (secondary N) is 1. The van der Waals surface area contributed by atoms with Gasteiger partial charge in [0.25, 0.3) is 5.56 Å². The molecule has 1 aliphatic heterocycles. The van der Waals surface area contributed by atoms with Gasteiger partial charge in [-0.3, -0.25) is 14.2 Å². The molecule has 1 N–H and O–H groups in total. The molecule has 168 valence electrons. The lowest BCUT2D eigenvalue weighted by Gasteiger charge is -2.17.